The Morgan fingerprint density at radius 1 is 1.00 bits per heavy atom. The fourth-order valence-corrected chi connectivity index (χ4v) is 3.29. The molecule has 5 nitrogen and oxygen atoms in total. The van der Waals surface area contributed by atoms with Crippen LogP contribution in [0.2, 0.25) is 5.02 Å². The molecule has 0 amide bonds. The monoisotopic (exact) mass is 355 g/mol. The number of aromatic nitrogens is 2. The van der Waals surface area contributed by atoms with Crippen LogP contribution in [-0.4, -0.2) is 24.4 Å². The van der Waals surface area contributed by atoms with E-state index >= 15 is 0 Å². The minimum absolute atomic E-state index is 0.636. The Labute approximate surface area is 150 Å². The van der Waals surface area contributed by atoms with Gasteiger partial charge >= 0.3 is 0 Å². The van der Waals surface area contributed by atoms with Gasteiger partial charge in [-0.15, -0.1) is 0 Å². The van der Waals surface area contributed by atoms with Crippen molar-refractivity contribution >= 4 is 28.2 Å². The van der Waals surface area contributed by atoms with Crippen LogP contribution in [-0.2, 0) is 6.54 Å². The molecule has 1 aliphatic carbocycles. The molecule has 0 atom stereocenters. The first-order chi connectivity index (χ1) is 12.2. The molecule has 2 aromatic carbocycles. The lowest BCUT2D eigenvalue weighted by atomic mass is 10.2. The number of hydrogen-bond acceptors (Lipinski definition) is 3. The van der Waals surface area contributed by atoms with Crippen LogP contribution in [0, 0.1) is 0 Å². The molecule has 2 aliphatic rings. The van der Waals surface area contributed by atoms with Gasteiger partial charge in [-0.05, 0) is 35.2 Å². The van der Waals surface area contributed by atoms with Gasteiger partial charge in [0.15, 0.2) is 11.5 Å². The smallest absolute Gasteiger partial charge is 0.161 e. The van der Waals surface area contributed by atoms with Crippen molar-refractivity contribution < 1.29 is 9.47 Å². The lowest BCUT2D eigenvalue weighted by Gasteiger charge is -2.07. The summed E-state index contributed by atoms with van der Waals surface area (Å²) in [4.78, 5) is 0. The van der Waals surface area contributed by atoms with Gasteiger partial charge in [0.25, 0.3) is 0 Å². The molecule has 0 bridgehead atoms. The van der Waals surface area contributed by atoms with Gasteiger partial charge in [-0.1, -0.05) is 29.8 Å². The third kappa shape index (κ3) is 2.66. The van der Waals surface area contributed by atoms with E-state index in [1.54, 1.807) is 14.2 Å². The van der Waals surface area contributed by atoms with Gasteiger partial charge in [-0.2, -0.15) is 0 Å². The maximum absolute atomic E-state index is 6.23. The molecule has 25 heavy (non-hydrogen) atoms. The van der Waals surface area contributed by atoms with Crippen LogP contribution in [0.4, 0.5) is 5.82 Å². The van der Waals surface area contributed by atoms with E-state index in [1.807, 2.05) is 36.4 Å². The Bertz CT molecular complexity index is 1010. The van der Waals surface area contributed by atoms with Gasteiger partial charge in [0.2, 0.25) is 0 Å². The molecule has 1 aliphatic heterocycles. The van der Waals surface area contributed by atoms with E-state index in [4.69, 9.17) is 21.1 Å². The van der Waals surface area contributed by atoms with Gasteiger partial charge in [0.05, 0.1) is 19.9 Å². The molecule has 0 unspecified atom stereocenters. The van der Waals surface area contributed by atoms with Crippen LogP contribution in [0.1, 0.15) is 5.56 Å². The molecule has 2 aromatic rings. The summed E-state index contributed by atoms with van der Waals surface area (Å²) >= 11 is 6.23. The number of ether oxygens (including phenoxy) is 2. The number of aromatic amines is 2. The maximum Gasteiger partial charge on any atom is 0.161 e. The Morgan fingerprint density at radius 2 is 1.76 bits per heavy atom. The molecular formula is C19H18ClN3O2. The van der Waals surface area contributed by atoms with Crippen LogP contribution >= 0.6 is 11.6 Å². The van der Waals surface area contributed by atoms with Gasteiger partial charge in [-0.3, -0.25) is 10.2 Å². The van der Waals surface area contributed by atoms with Crippen molar-refractivity contribution in [1.82, 2.24) is 10.2 Å². The van der Waals surface area contributed by atoms with E-state index in [0.29, 0.717) is 12.3 Å². The number of halogens is 1. The summed E-state index contributed by atoms with van der Waals surface area (Å²) in [5.41, 5.74) is 3.15. The highest BCUT2D eigenvalue weighted by Crippen LogP contribution is 2.42. The first-order valence-corrected chi connectivity index (χ1v) is 8.31. The van der Waals surface area contributed by atoms with E-state index < -0.39 is 0 Å². The summed E-state index contributed by atoms with van der Waals surface area (Å²) in [6, 6.07) is 13.9. The van der Waals surface area contributed by atoms with Crippen molar-refractivity contribution in [3.8, 4) is 22.8 Å². The number of fused-ring (bicyclic) bond motifs is 3. The van der Waals surface area contributed by atoms with Crippen LogP contribution in [0.15, 0.2) is 42.5 Å². The molecule has 0 spiro atoms. The third-order valence-electron chi connectivity index (χ3n) is 4.39. The fourth-order valence-electron chi connectivity index (χ4n) is 3.09. The quantitative estimate of drug-likeness (QED) is 0.478. The standard InChI is InChI=1S/C19H18ClN3O2/c1-24-16-8-12-7-14-18(13(12)9-17(16)25-2)22-23-19(14)21-10-11-5-3-4-6-15(11)20/h3-9,21-23H,10H2,1-2H3. The lowest BCUT2D eigenvalue weighted by molar-refractivity contribution is 0.356. The predicted molar refractivity (Wildman–Crippen MR) is 101 cm³/mol. The number of rotatable bonds is 5. The van der Waals surface area contributed by atoms with E-state index in [9.17, 15) is 0 Å². The summed E-state index contributed by atoms with van der Waals surface area (Å²) in [5, 5.41) is 12.8. The van der Waals surface area contributed by atoms with E-state index in [1.165, 1.54) is 0 Å². The zero-order chi connectivity index (χ0) is 17.4. The number of methoxy groups -OCH3 is 2. The van der Waals surface area contributed by atoms with Crippen LogP contribution < -0.4 is 14.8 Å². The Balaban J connectivity index is 1.69. The predicted octanol–water partition coefficient (Wildman–Crippen LogP) is 4.88. The Morgan fingerprint density at radius 3 is 2.52 bits per heavy atom. The van der Waals surface area contributed by atoms with Crippen molar-refractivity contribution in [2.45, 2.75) is 6.54 Å². The lowest BCUT2D eigenvalue weighted by Crippen LogP contribution is -2.00. The molecule has 0 saturated heterocycles. The van der Waals surface area contributed by atoms with E-state index in [-0.39, 0.29) is 0 Å². The second-order valence-corrected chi connectivity index (χ2v) is 6.20. The summed E-state index contributed by atoms with van der Waals surface area (Å²) in [6.07, 6.45) is 0. The van der Waals surface area contributed by atoms with Crippen LogP contribution in [0.5, 0.6) is 11.5 Å². The summed E-state index contributed by atoms with van der Waals surface area (Å²) in [7, 11) is 3.28. The van der Waals surface area contributed by atoms with Crippen molar-refractivity contribution in [2.24, 2.45) is 0 Å². The molecule has 1 heterocycles. The summed E-state index contributed by atoms with van der Waals surface area (Å²) < 4.78 is 10.8. The molecule has 4 rings (SSSR count). The number of H-pyrrole nitrogens is 2. The van der Waals surface area contributed by atoms with Crippen LogP contribution in [0.3, 0.4) is 0 Å². The SMILES string of the molecule is COc1cc2cc3c(NCc4ccccc4Cl)[nH][nH]c-3c2cc1OC. The van der Waals surface area contributed by atoms with Gasteiger partial charge in [-0.25, -0.2) is 0 Å². The van der Waals surface area contributed by atoms with Gasteiger partial charge in [0.1, 0.15) is 5.82 Å². The second-order valence-electron chi connectivity index (χ2n) is 5.80. The third-order valence-corrected chi connectivity index (χ3v) is 4.76. The molecule has 0 saturated carbocycles. The molecule has 0 fully saturated rings. The first-order valence-electron chi connectivity index (χ1n) is 7.93. The molecule has 3 N–H and O–H groups in total. The minimum Gasteiger partial charge on any atom is -0.493 e. The number of nitrogens with one attached hydrogen (secondary N) is 3. The largest absolute Gasteiger partial charge is 0.493 e. The van der Waals surface area contributed by atoms with Crippen molar-refractivity contribution in [2.75, 3.05) is 19.5 Å². The zero-order valence-electron chi connectivity index (χ0n) is 13.9. The minimum atomic E-state index is 0.636. The average molecular weight is 356 g/mol. The van der Waals surface area contributed by atoms with E-state index in [2.05, 4.69) is 21.6 Å². The molecule has 0 radical (unpaired) electrons. The van der Waals surface area contributed by atoms with E-state index in [0.717, 1.165) is 44.2 Å². The molecule has 128 valence electrons. The molecule has 0 aromatic heterocycles. The number of benzene rings is 2. The summed E-state index contributed by atoms with van der Waals surface area (Å²) in [6.45, 7) is 0.636. The zero-order valence-corrected chi connectivity index (χ0v) is 14.7. The van der Waals surface area contributed by atoms with Gasteiger partial charge < -0.3 is 14.8 Å². The van der Waals surface area contributed by atoms with Crippen molar-refractivity contribution in [3.63, 3.8) is 0 Å². The average Bonchev–Trinajstić information content (AvgIpc) is 3.18. The topological polar surface area (TPSA) is 62.1 Å². The highest BCUT2D eigenvalue weighted by Gasteiger charge is 2.19. The summed E-state index contributed by atoms with van der Waals surface area (Å²) in [5.74, 6) is 2.35. The van der Waals surface area contributed by atoms with Crippen LogP contribution in [0.25, 0.3) is 22.0 Å². The normalized spacial score (nSPS) is 11.2. The highest BCUT2D eigenvalue weighted by molar-refractivity contribution is 6.31. The molecule has 6 heteroatoms. The first kappa shape index (κ1) is 15.7. The number of hydrogen-bond donors (Lipinski definition) is 3. The Kier molecular flexibility index (Phi) is 3.93. The fraction of sp³-hybridized carbons (Fsp3) is 0.158. The Hall–Kier alpha value is -2.79. The van der Waals surface area contributed by atoms with Gasteiger partial charge in [0, 0.05) is 22.5 Å². The van der Waals surface area contributed by atoms with Crippen molar-refractivity contribution in [3.05, 3.63) is 53.1 Å². The highest BCUT2D eigenvalue weighted by atomic mass is 35.5. The molecular weight excluding hydrogens is 338 g/mol. The number of anilines is 1. The second kappa shape index (κ2) is 6.26. The maximum atomic E-state index is 6.23. The van der Waals surface area contributed by atoms with Crippen molar-refractivity contribution in [1.29, 1.82) is 0 Å².